The van der Waals surface area contributed by atoms with Crippen molar-refractivity contribution in [2.75, 3.05) is 0 Å². The van der Waals surface area contributed by atoms with Gasteiger partial charge in [0.15, 0.2) is 0 Å². The highest BCUT2D eigenvalue weighted by Gasteiger charge is 2.18. The molecule has 0 unspecified atom stereocenters. The Bertz CT molecular complexity index is 120. The molecule has 0 N–H and O–H groups in total. The molecule has 2 nitrogen and oxygen atoms in total. The predicted molar refractivity (Wildman–Crippen MR) is 32.6 cm³/mol. The van der Waals surface area contributed by atoms with E-state index in [1.54, 1.807) is 0 Å². The fraction of sp³-hybridized carbons (Fsp3) is 0.667. The molecule has 0 heterocycles. The van der Waals surface area contributed by atoms with Crippen molar-refractivity contribution in [1.82, 2.24) is 0 Å². The van der Waals surface area contributed by atoms with Crippen molar-refractivity contribution < 1.29 is 0 Å². The van der Waals surface area contributed by atoms with Gasteiger partial charge in [0, 0.05) is 0 Å². The van der Waals surface area contributed by atoms with Crippen LogP contribution < -0.4 is 0 Å². The van der Waals surface area contributed by atoms with E-state index in [2.05, 4.69) is 11.8 Å². The molecule has 0 bridgehead atoms. The van der Waals surface area contributed by atoms with Crippen molar-refractivity contribution in [3.05, 3.63) is 17.1 Å². The van der Waals surface area contributed by atoms with E-state index in [1.807, 2.05) is 0 Å². The summed E-state index contributed by atoms with van der Waals surface area (Å²) < 4.78 is 0. The Balaban J connectivity index is 2.54. The van der Waals surface area contributed by atoms with Crippen LogP contribution in [0.5, 0.6) is 0 Å². The van der Waals surface area contributed by atoms with Crippen LogP contribution in [0, 0.1) is 4.91 Å². The van der Waals surface area contributed by atoms with Crippen molar-refractivity contribution in [3.8, 4) is 0 Å². The summed E-state index contributed by atoms with van der Waals surface area (Å²) in [4.78, 5) is 9.91. The lowest BCUT2D eigenvalue weighted by atomic mass is 10.2. The summed E-state index contributed by atoms with van der Waals surface area (Å²) in [5.74, 6) is 0. The Morgan fingerprint density at radius 3 is 2.75 bits per heavy atom. The zero-order chi connectivity index (χ0) is 5.98. The average molecular weight is 111 g/mol. The Morgan fingerprint density at radius 1 is 1.75 bits per heavy atom. The molecule has 0 aromatic rings. The molecule has 1 aliphatic carbocycles. The van der Waals surface area contributed by atoms with Gasteiger partial charge in [-0.25, -0.2) is 0 Å². The highest BCUT2D eigenvalue weighted by Crippen LogP contribution is 2.25. The van der Waals surface area contributed by atoms with Crippen molar-refractivity contribution in [1.29, 1.82) is 0 Å². The van der Waals surface area contributed by atoms with Crippen LogP contribution in [0.15, 0.2) is 17.3 Å². The topological polar surface area (TPSA) is 29.4 Å². The van der Waals surface area contributed by atoms with Gasteiger partial charge in [-0.2, -0.15) is 4.91 Å². The lowest BCUT2D eigenvalue weighted by Crippen LogP contribution is -1.95. The standard InChI is InChI=1S/C6H9NO/c1-5-3-2-4-6(5)7-8/h6H,1-4H2/t6-/m1/s1. The first-order valence-corrected chi connectivity index (χ1v) is 2.84. The highest BCUT2D eigenvalue weighted by atomic mass is 16.3. The van der Waals surface area contributed by atoms with E-state index in [1.165, 1.54) is 0 Å². The van der Waals surface area contributed by atoms with Gasteiger partial charge in [0.2, 0.25) is 0 Å². The summed E-state index contributed by atoms with van der Waals surface area (Å²) >= 11 is 0. The van der Waals surface area contributed by atoms with Gasteiger partial charge in [0.1, 0.15) is 6.04 Å². The highest BCUT2D eigenvalue weighted by molar-refractivity contribution is 5.10. The third-order valence-corrected chi connectivity index (χ3v) is 1.57. The van der Waals surface area contributed by atoms with E-state index in [9.17, 15) is 4.91 Å². The molecule has 2 heteroatoms. The lowest BCUT2D eigenvalue weighted by molar-refractivity contribution is 0.770. The van der Waals surface area contributed by atoms with E-state index in [-0.39, 0.29) is 6.04 Å². The molecular formula is C6H9NO. The predicted octanol–water partition coefficient (Wildman–Crippen LogP) is 1.86. The maximum absolute atomic E-state index is 9.91. The molecular weight excluding hydrogens is 102 g/mol. The quantitative estimate of drug-likeness (QED) is 0.375. The van der Waals surface area contributed by atoms with Crippen molar-refractivity contribution in [2.24, 2.45) is 5.18 Å². The molecule has 8 heavy (non-hydrogen) atoms. The van der Waals surface area contributed by atoms with Gasteiger partial charge in [-0.1, -0.05) is 11.8 Å². The van der Waals surface area contributed by atoms with Crippen LogP contribution in [-0.4, -0.2) is 6.04 Å². The molecule has 0 radical (unpaired) electrons. The van der Waals surface area contributed by atoms with Gasteiger partial charge in [-0.05, 0) is 24.8 Å². The maximum atomic E-state index is 9.91. The number of hydrogen-bond acceptors (Lipinski definition) is 2. The van der Waals surface area contributed by atoms with Gasteiger partial charge in [0.05, 0.1) is 0 Å². The van der Waals surface area contributed by atoms with Crippen LogP contribution in [-0.2, 0) is 0 Å². The largest absolute Gasteiger partial charge is 0.150 e. The van der Waals surface area contributed by atoms with Crippen molar-refractivity contribution in [2.45, 2.75) is 25.3 Å². The number of hydrogen-bond donors (Lipinski definition) is 0. The summed E-state index contributed by atoms with van der Waals surface area (Å²) in [6.45, 7) is 3.71. The first-order chi connectivity index (χ1) is 3.84. The second kappa shape index (κ2) is 2.07. The van der Waals surface area contributed by atoms with Gasteiger partial charge in [-0.3, -0.25) is 0 Å². The van der Waals surface area contributed by atoms with E-state index in [0.717, 1.165) is 24.8 Å². The molecule has 0 saturated heterocycles. The molecule has 0 aromatic carbocycles. The van der Waals surface area contributed by atoms with E-state index >= 15 is 0 Å². The van der Waals surface area contributed by atoms with Crippen molar-refractivity contribution in [3.63, 3.8) is 0 Å². The Morgan fingerprint density at radius 2 is 2.50 bits per heavy atom. The smallest absolute Gasteiger partial charge is 0.113 e. The number of nitrogens with zero attached hydrogens (tertiary/aromatic N) is 1. The van der Waals surface area contributed by atoms with Gasteiger partial charge in [0.25, 0.3) is 0 Å². The first kappa shape index (κ1) is 5.48. The molecule has 1 fully saturated rings. The summed E-state index contributed by atoms with van der Waals surface area (Å²) in [6.07, 6.45) is 3.01. The fourth-order valence-electron chi connectivity index (χ4n) is 1.02. The molecule has 1 rings (SSSR count). The molecule has 1 aliphatic rings. The molecule has 1 atom stereocenters. The maximum Gasteiger partial charge on any atom is 0.113 e. The second-order valence-electron chi connectivity index (χ2n) is 2.17. The minimum Gasteiger partial charge on any atom is -0.150 e. The lowest BCUT2D eigenvalue weighted by Gasteiger charge is -1.94. The van der Waals surface area contributed by atoms with Crippen LogP contribution in [0.2, 0.25) is 0 Å². The van der Waals surface area contributed by atoms with E-state index in [0.29, 0.717) is 0 Å². The molecule has 0 spiro atoms. The van der Waals surface area contributed by atoms with Crippen LogP contribution >= 0.6 is 0 Å². The Kier molecular flexibility index (Phi) is 1.42. The SMILES string of the molecule is C=C1CCC[C@H]1N=O. The summed E-state index contributed by atoms with van der Waals surface area (Å²) in [7, 11) is 0. The molecule has 0 aliphatic heterocycles. The second-order valence-corrected chi connectivity index (χ2v) is 2.17. The summed E-state index contributed by atoms with van der Waals surface area (Å²) in [6, 6.07) is -0.0602. The zero-order valence-electron chi connectivity index (χ0n) is 4.76. The molecule has 44 valence electrons. The van der Waals surface area contributed by atoms with Crippen LogP contribution in [0.4, 0.5) is 0 Å². The van der Waals surface area contributed by atoms with Crippen LogP contribution in [0.1, 0.15) is 19.3 Å². The van der Waals surface area contributed by atoms with Crippen LogP contribution in [0.25, 0.3) is 0 Å². The third-order valence-electron chi connectivity index (χ3n) is 1.57. The Labute approximate surface area is 48.6 Å². The molecule has 0 aromatic heterocycles. The van der Waals surface area contributed by atoms with E-state index < -0.39 is 0 Å². The normalized spacial score (nSPS) is 28.5. The van der Waals surface area contributed by atoms with Gasteiger partial charge in [-0.15, -0.1) is 0 Å². The Hall–Kier alpha value is -0.660. The minimum atomic E-state index is -0.0602. The van der Waals surface area contributed by atoms with E-state index in [4.69, 9.17) is 0 Å². The summed E-state index contributed by atoms with van der Waals surface area (Å²) in [5, 5.41) is 2.92. The van der Waals surface area contributed by atoms with Crippen molar-refractivity contribution >= 4 is 0 Å². The summed E-state index contributed by atoms with van der Waals surface area (Å²) in [5.41, 5.74) is 1.01. The zero-order valence-corrected chi connectivity index (χ0v) is 4.76. The van der Waals surface area contributed by atoms with Crippen LogP contribution in [0.3, 0.4) is 0 Å². The monoisotopic (exact) mass is 111 g/mol. The first-order valence-electron chi connectivity index (χ1n) is 2.84. The number of nitroso groups, excluding NO2 is 1. The van der Waals surface area contributed by atoms with Gasteiger partial charge >= 0.3 is 0 Å². The molecule has 0 amide bonds. The average Bonchev–Trinajstić information content (AvgIpc) is 2.14. The van der Waals surface area contributed by atoms with Gasteiger partial charge < -0.3 is 0 Å². The molecule has 1 saturated carbocycles. The number of rotatable bonds is 1. The third kappa shape index (κ3) is 0.782. The minimum absolute atomic E-state index is 0.0602. The fourth-order valence-corrected chi connectivity index (χ4v) is 1.02.